The first-order valence-corrected chi connectivity index (χ1v) is 8.65. The van der Waals surface area contributed by atoms with Crippen LogP contribution in [-0.2, 0) is 6.54 Å². The normalized spacial score (nSPS) is 28.0. The zero-order valence-corrected chi connectivity index (χ0v) is 14.1. The average Bonchev–Trinajstić information content (AvgIpc) is 2.87. The largest absolute Gasteiger partial charge is 0.298 e. The van der Waals surface area contributed by atoms with Crippen molar-refractivity contribution in [3.05, 3.63) is 34.3 Å². The van der Waals surface area contributed by atoms with Crippen LogP contribution in [0.15, 0.2) is 28.7 Å². The lowest BCUT2D eigenvalue weighted by Crippen LogP contribution is -2.57. The zero-order valence-electron chi connectivity index (χ0n) is 12.6. The zero-order chi connectivity index (χ0) is 14.1. The van der Waals surface area contributed by atoms with Gasteiger partial charge in [0.15, 0.2) is 0 Å². The van der Waals surface area contributed by atoms with Crippen LogP contribution in [0.5, 0.6) is 0 Å². The molecule has 3 rings (SSSR count). The van der Waals surface area contributed by atoms with E-state index in [2.05, 4.69) is 63.8 Å². The quantitative estimate of drug-likeness (QED) is 0.829. The smallest absolute Gasteiger partial charge is 0.0250 e. The Balaban J connectivity index is 1.73. The van der Waals surface area contributed by atoms with Crippen molar-refractivity contribution in [1.82, 2.24) is 9.80 Å². The van der Waals surface area contributed by atoms with Crippen molar-refractivity contribution >= 4 is 15.9 Å². The Morgan fingerprint density at radius 1 is 1.20 bits per heavy atom. The van der Waals surface area contributed by atoms with Crippen LogP contribution >= 0.6 is 15.9 Å². The molecule has 2 atom stereocenters. The number of rotatable bonds is 3. The number of piperazine rings is 1. The Morgan fingerprint density at radius 2 is 1.95 bits per heavy atom. The molecule has 0 saturated carbocycles. The maximum absolute atomic E-state index is 3.52. The van der Waals surface area contributed by atoms with Crippen molar-refractivity contribution in [3.8, 4) is 0 Å². The summed E-state index contributed by atoms with van der Waals surface area (Å²) in [6.45, 7) is 9.67. The minimum atomic E-state index is 0.702. The van der Waals surface area contributed by atoms with Crippen molar-refractivity contribution < 1.29 is 0 Å². The first kappa shape index (κ1) is 14.6. The molecule has 110 valence electrons. The number of halogens is 1. The highest BCUT2D eigenvalue weighted by molar-refractivity contribution is 9.10. The van der Waals surface area contributed by atoms with Crippen LogP contribution in [0, 0.1) is 5.92 Å². The summed E-state index contributed by atoms with van der Waals surface area (Å²) in [6, 6.07) is 10.3. The number of hydrogen-bond donors (Lipinski definition) is 0. The van der Waals surface area contributed by atoms with E-state index in [-0.39, 0.29) is 0 Å². The van der Waals surface area contributed by atoms with Crippen molar-refractivity contribution in [2.45, 2.75) is 45.3 Å². The summed E-state index contributed by atoms with van der Waals surface area (Å²) < 4.78 is 1.17. The van der Waals surface area contributed by atoms with Gasteiger partial charge >= 0.3 is 0 Å². The van der Waals surface area contributed by atoms with Crippen molar-refractivity contribution in [2.75, 3.05) is 19.6 Å². The van der Waals surface area contributed by atoms with Gasteiger partial charge in [-0.2, -0.15) is 0 Å². The second-order valence-corrected chi connectivity index (χ2v) is 7.57. The van der Waals surface area contributed by atoms with E-state index in [4.69, 9.17) is 0 Å². The van der Waals surface area contributed by atoms with E-state index in [0.717, 1.165) is 18.5 Å². The Bertz CT molecular complexity index is 443. The van der Waals surface area contributed by atoms with Gasteiger partial charge in [0.2, 0.25) is 0 Å². The SMILES string of the molecule is CC(C)C1CN2CCCC2CN1Cc1ccc(Br)cc1. The molecule has 20 heavy (non-hydrogen) atoms. The highest BCUT2D eigenvalue weighted by Gasteiger charge is 2.37. The number of hydrogen-bond acceptors (Lipinski definition) is 2. The van der Waals surface area contributed by atoms with E-state index in [1.807, 2.05) is 0 Å². The van der Waals surface area contributed by atoms with E-state index in [1.54, 1.807) is 0 Å². The van der Waals surface area contributed by atoms with Gasteiger partial charge in [0, 0.05) is 36.2 Å². The molecule has 2 nitrogen and oxygen atoms in total. The predicted molar refractivity (Wildman–Crippen MR) is 87.8 cm³/mol. The molecule has 0 N–H and O–H groups in total. The summed E-state index contributed by atoms with van der Waals surface area (Å²) in [6.07, 6.45) is 2.78. The topological polar surface area (TPSA) is 6.48 Å². The van der Waals surface area contributed by atoms with Gasteiger partial charge in [0.05, 0.1) is 0 Å². The second-order valence-electron chi connectivity index (χ2n) is 6.66. The van der Waals surface area contributed by atoms with Crippen LogP contribution in [0.25, 0.3) is 0 Å². The molecule has 1 aromatic carbocycles. The molecule has 0 aliphatic carbocycles. The Kier molecular flexibility index (Phi) is 4.49. The minimum Gasteiger partial charge on any atom is -0.298 e. The van der Waals surface area contributed by atoms with Crippen LogP contribution in [0.3, 0.4) is 0 Å². The number of fused-ring (bicyclic) bond motifs is 1. The van der Waals surface area contributed by atoms with Gasteiger partial charge in [-0.3, -0.25) is 9.80 Å². The molecule has 0 bridgehead atoms. The second kappa shape index (κ2) is 6.17. The van der Waals surface area contributed by atoms with Gasteiger partial charge in [0.25, 0.3) is 0 Å². The van der Waals surface area contributed by atoms with Gasteiger partial charge < -0.3 is 0 Å². The summed E-state index contributed by atoms with van der Waals surface area (Å²) in [5.74, 6) is 0.729. The first-order valence-electron chi connectivity index (χ1n) is 7.86. The fraction of sp³-hybridized carbons (Fsp3) is 0.647. The van der Waals surface area contributed by atoms with Crippen LogP contribution in [0.2, 0.25) is 0 Å². The molecule has 2 fully saturated rings. The van der Waals surface area contributed by atoms with Crippen LogP contribution in [-0.4, -0.2) is 41.5 Å². The molecular formula is C17H25BrN2. The van der Waals surface area contributed by atoms with E-state index in [9.17, 15) is 0 Å². The van der Waals surface area contributed by atoms with Gasteiger partial charge in [-0.1, -0.05) is 41.9 Å². The third-order valence-electron chi connectivity index (χ3n) is 4.90. The molecule has 2 aliphatic heterocycles. The molecule has 0 aromatic heterocycles. The monoisotopic (exact) mass is 336 g/mol. The summed E-state index contributed by atoms with van der Waals surface area (Å²) in [4.78, 5) is 5.45. The van der Waals surface area contributed by atoms with Gasteiger partial charge in [-0.15, -0.1) is 0 Å². The maximum Gasteiger partial charge on any atom is 0.0250 e. The average molecular weight is 337 g/mol. The molecule has 2 unspecified atom stereocenters. The fourth-order valence-electron chi connectivity index (χ4n) is 3.74. The maximum atomic E-state index is 3.52. The summed E-state index contributed by atoms with van der Waals surface area (Å²) in [7, 11) is 0. The molecule has 0 amide bonds. The fourth-order valence-corrected chi connectivity index (χ4v) is 4.01. The molecule has 2 aliphatic rings. The molecule has 2 heterocycles. The first-order chi connectivity index (χ1) is 9.63. The Labute approximate surface area is 131 Å². The Morgan fingerprint density at radius 3 is 2.65 bits per heavy atom. The summed E-state index contributed by atoms with van der Waals surface area (Å²) >= 11 is 3.52. The van der Waals surface area contributed by atoms with Gasteiger partial charge in [0.1, 0.15) is 0 Å². The molecule has 0 spiro atoms. The number of benzene rings is 1. The number of nitrogens with zero attached hydrogens (tertiary/aromatic N) is 2. The predicted octanol–water partition coefficient (Wildman–Crippen LogP) is 3.75. The highest BCUT2D eigenvalue weighted by Crippen LogP contribution is 2.28. The molecule has 2 saturated heterocycles. The standard InChI is InChI=1S/C17H25BrN2/c1-13(2)17-12-19-9-3-4-16(19)11-20(17)10-14-5-7-15(18)8-6-14/h5-8,13,16-17H,3-4,9-12H2,1-2H3. The van der Waals surface area contributed by atoms with E-state index in [1.165, 1.54) is 42.5 Å². The van der Waals surface area contributed by atoms with Crippen LogP contribution < -0.4 is 0 Å². The van der Waals surface area contributed by atoms with Gasteiger partial charge in [-0.25, -0.2) is 0 Å². The van der Waals surface area contributed by atoms with Crippen molar-refractivity contribution in [1.29, 1.82) is 0 Å². The Hall–Kier alpha value is -0.380. The van der Waals surface area contributed by atoms with Gasteiger partial charge in [-0.05, 0) is 43.0 Å². The highest BCUT2D eigenvalue weighted by atomic mass is 79.9. The summed E-state index contributed by atoms with van der Waals surface area (Å²) in [5, 5.41) is 0. The van der Waals surface area contributed by atoms with E-state index >= 15 is 0 Å². The molecular weight excluding hydrogens is 312 g/mol. The third kappa shape index (κ3) is 3.10. The molecule has 3 heteroatoms. The van der Waals surface area contributed by atoms with Crippen LogP contribution in [0.1, 0.15) is 32.3 Å². The van der Waals surface area contributed by atoms with E-state index in [0.29, 0.717) is 6.04 Å². The lowest BCUT2D eigenvalue weighted by atomic mass is 9.96. The molecule has 1 aromatic rings. The van der Waals surface area contributed by atoms with E-state index < -0.39 is 0 Å². The third-order valence-corrected chi connectivity index (χ3v) is 5.43. The lowest BCUT2D eigenvalue weighted by molar-refractivity contribution is 0.0239. The minimum absolute atomic E-state index is 0.702. The molecule has 0 radical (unpaired) electrons. The van der Waals surface area contributed by atoms with Crippen molar-refractivity contribution in [2.24, 2.45) is 5.92 Å². The van der Waals surface area contributed by atoms with Crippen molar-refractivity contribution in [3.63, 3.8) is 0 Å². The summed E-state index contributed by atoms with van der Waals surface area (Å²) in [5.41, 5.74) is 1.44. The van der Waals surface area contributed by atoms with Crippen LogP contribution in [0.4, 0.5) is 0 Å². The lowest BCUT2D eigenvalue weighted by Gasteiger charge is -2.45.